The van der Waals surface area contributed by atoms with Crippen LogP contribution in [0.5, 0.6) is 0 Å². The number of hydrogen-bond donors (Lipinski definition) is 2. The van der Waals surface area contributed by atoms with E-state index >= 15 is 0 Å². The lowest BCUT2D eigenvalue weighted by molar-refractivity contribution is 0.0149. The van der Waals surface area contributed by atoms with Gasteiger partial charge < -0.3 is 14.9 Å². The number of ether oxygens (including phenoxy) is 1. The Kier molecular flexibility index (Phi) is 6.48. The van der Waals surface area contributed by atoms with Gasteiger partial charge in [0.05, 0.1) is 19.8 Å². The maximum Gasteiger partial charge on any atom is 0.100 e. The fraction of sp³-hybridized carbons (Fsp3) is 0.714. The Morgan fingerprint density at radius 3 is 2.80 bits per heavy atom. The van der Waals surface area contributed by atoms with Crippen LogP contribution in [0, 0.1) is 0 Å². The molecule has 0 aromatic heterocycles. The minimum absolute atomic E-state index is 0.195. The minimum Gasteiger partial charge on any atom is -0.394 e. The van der Waals surface area contributed by atoms with Crippen LogP contribution in [0.4, 0.5) is 0 Å². The molecule has 2 N–H and O–H groups in total. The topological polar surface area (TPSA) is 49.7 Å². The molecule has 1 unspecified atom stereocenters. The molecule has 0 rings (SSSR count). The van der Waals surface area contributed by atoms with Crippen molar-refractivity contribution in [2.75, 3.05) is 19.8 Å². The summed E-state index contributed by atoms with van der Waals surface area (Å²) >= 11 is 0. The second-order valence-electron chi connectivity index (χ2n) is 1.94. The SMILES string of the molecule is C/C=C\COCC(O)CO. The van der Waals surface area contributed by atoms with E-state index in [9.17, 15) is 0 Å². The summed E-state index contributed by atoms with van der Waals surface area (Å²) in [4.78, 5) is 0. The van der Waals surface area contributed by atoms with Crippen LogP contribution in [0.15, 0.2) is 12.2 Å². The van der Waals surface area contributed by atoms with Gasteiger partial charge in [0.25, 0.3) is 0 Å². The fourth-order valence-electron chi connectivity index (χ4n) is 0.421. The molecule has 0 amide bonds. The number of allylic oxidation sites excluding steroid dienone is 1. The van der Waals surface area contributed by atoms with E-state index < -0.39 is 6.10 Å². The molecule has 60 valence electrons. The maximum absolute atomic E-state index is 8.76. The molecule has 1 atom stereocenters. The van der Waals surface area contributed by atoms with Gasteiger partial charge in [-0.15, -0.1) is 0 Å². The summed E-state index contributed by atoms with van der Waals surface area (Å²) in [6.45, 7) is 2.34. The first kappa shape index (κ1) is 9.62. The minimum atomic E-state index is -0.745. The van der Waals surface area contributed by atoms with Crippen molar-refractivity contribution >= 4 is 0 Å². The molecule has 0 bridgehead atoms. The summed E-state index contributed by atoms with van der Waals surface area (Å²) < 4.78 is 4.93. The molecular formula is C7H14O3. The maximum atomic E-state index is 8.76. The molecule has 0 saturated carbocycles. The van der Waals surface area contributed by atoms with Crippen LogP contribution in [0.25, 0.3) is 0 Å². The molecular weight excluding hydrogens is 132 g/mol. The van der Waals surface area contributed by atoms with Gasteiger partial charge in [0.15, 0.2) is 0 Å². The van der Waals surface area contributed by atoms with E-state index in [1.807, 2.05) is 19.1 Å². The van der Waals surface area contributed by atoms with E-state index in [0.29, 0.717) is 6.61 Å². The highest BCUT2D eigenvalue weighted by molar-refractivity contribution is 4.75. The van der Waals surface area contributed by atoms with E-state index in [-0.39, 0.29) is 13.2 Å². The van der Waals surface area contributed by atoms with Gasteiger partial charge in [-0.05, 0) is 6.92 Å². The summed E-state index contributed by atoms with van der Waals surface area (Å²) in [5, 5.41) is 17.1. The van der Waals surface area contributed by atoms with Crippen LogP contribution in [-0.4, -0.2) is 36.1 Å². The van der Waals surface area contributed by atoms with Crippen molar-refractivity contribution in [3.05, 3.63) is 12.2 Å². The van der Waals surface area contributed by atoms with Gasteiger partial charge in [0, 0.05) is 0 Å². The van der Waals surface area contributed by atoms with Gasteiger partial charge in [-0.2, -0.15) is 0 Å². The molecule has 0 spiro atoms. The van der Waals surface area contributed by atoms with Gasteiger partial charge in [-0.3, -0.25) is 0 Å². The van der Waals surface area contributed by atoms with Crippen molar-refractivity contribution in [1.29, 1.82) is 0 Å². The molecule has 0 saturated heterocycles. The average Bonchev–Trinajstić information content (AvgIpc) is 1.98. The summed E-state index contributed by atoms with van der Waals surface area (Å²) in [6, 6.07) is 0. The van der Waals surface area contributed by atoms with Crippen LogP contribution < -0.4 is 0 Å². The largest absolute Gasteiger partial charge is 0.394 e. The lowest BCUT2D eigenvalue weighted by atomic mass is 10.4. The molecule has 0 aliphatic rings. The summed E-state index contributed by atoms with van der Waals surface area (Å²) in [7, 11) is 0. The standard InChI is InChI=1S/C7H14O3/c1-2-3-4-10-6-7(9)5-8/h2-3,7-9H,4-6H2,1H3/b3-2-. The third-order valence-electron chi connectivity index (χ3n) is 0.971. The molecule has 10 heavy (non-hydrogen) atoms. The highest BCUT2D eigenvalue weighted by Gasteiger charge is 1.98. The van der Waals surface area contributed by atoms with Crippen LogP contribution in [0.3, 0.4) is 0 Å². The van der Waals surface area contributed by atoms with Gasteiger partial charge in [0.1, 0.15) is 6.10 Å². The molecule has 0 aromatic carbocycles. The normalized spacial score (nSPS) is 14.3. The second kappa shape index (κ2) is 6.74. The molecule has 3 nitrogen and oxygen atoms in total. The number of aliphatic hydroxyl groups is 2. The molecule has 0 aliphatic heterocycles. The first-order valence-electron chi connectivity index (χ1n) is 3.29. The second-order valence-corrected chi connectivity index (χ2v) is 1.94. The number of hydrogen-bond acceptors (Lipinski definition) is 3. The van der Waals surface area contributed by atoms with E-state index in [4.69, 9.17) is 14.9 Å². The van der Waals surface area contributed by atoms with Crippen molar-refractivity contribution in [3.8, 4) is 0 Å². The average molecular weight is 146 g/mol. The zero-order valence-corrected chi connectivity index (χ0v) is 6.16. The highest BCUT2D eigenvalue weighted by atomic mass is 16.5. The smallest absolute Gasteiger partial charge is 0.100 e. The Hall–Kier alpha value is -0.380. The van der Waals surface area contributed by atoms with Crippen molar-refractivity contribution in [2.24, 2.45) is 0 Å². The molecule has 0 heterocycles. The fourth-order valence-corrected chi connectivity index (χ4v) is 0.421. The Bertz CT molecular complexity index is 90.9. The van der Waals surface area contributed by atoms with Gasteiger partial charge >= 0.3 is 0 Å². The zero-order chi connectivity index (χ0) is 7.82. The van der Waals surface area contributed by atoms with Crippen LogP contribution >= 0.6 is 0 Å². The van der Waals surface area contributed by atoms with E-state index in [2.05, 4.69) is 0 Å². The molecule has 0 fully saturated rings. The van der Waals surface area contributed by atoms with Gasteiger partial charge in [0.2, 0.25) is 0 Å². The lowest BCUT2D eigenvalue weighted by Gasteiger charge is -2.05. The van der Waals surface area contributed by atoms with Gasteiger partial charge in [-0.1, -0.05) is 12.2 Å². The Morgan fingerprint density at radius 2 is 2.30 bits per heavy atom. The third kappa shape index (κ3) is 5.75. The molecule has 3 heteroatoms. The van der Waals surface area contributed by atoms with E-state index in [1.165, 1.54) is 0 Å². The zero-order valence-electron chi connectivity index (χ0n) is 6.16. The number of aliphatic hydroxyl groups excluding tert-OH is 2. The quantitative estimate of drug-likeness (QED) is 0.421. The summed E-state index contributed by atoms with van der Waals surface area (Å²) in [5.41, 5.74) is 0. The summed E-state index contributed by atoms with van der Waals surface area (Å²) in [6.07, 6.45) is 2.96. The molecule has 0 radical (unpaired) electrons. The van der Waals surface area contributed by atoms with Crippen molar-refractivity contribution in [2.45, 2.75) is 13.0 Å². The lowest BCUT2D eigenvalue weighted by Crippen LogP contribution is -2.19. The first-order chi connectivity index (χ1) is 4.81. The van der Waals surface area contributed by atoms with Gasteiger partial charge in [-0.25, -0.2) is 0 Å². The first-order valence-corrected chi connectivity index (χ1v) is 3.29. The monoisotopic (exact) mass is 146 g/mol. The van der Waals surface area contributed by atoms with E-state index in [0.717, 1.165) is 0 Å². The third-order valence-corrected chi connectivity index (χ3v) is 0.971. The Morgan fingerprint density at radius 1 is 1.60 bits per heavy atom. The summed E-state index contributed by atoms with van der Waals surface area (Å²) in [5.74, 6) is 0. The van der Waals surface area contributed by atoms with Crippen LogP contribution in [0.2, 0.25) is 0 Å². The van der Waals surface area contributed by atoms with Crippen molar-refractivity contribution in [3.63, 3.8) is 0 Å². The highest BCUT2D eigenvalue weighted by Crippen LogP contribution is 1.83. The van der Waals surface area contributed by atoms with E-state index in [1.54, 1.807) is 0 Å². The number of rotatable bonds is 5. The Balaban J connectivity index is 3.03. The predicted octanol–water partition coefficient (Wildman–Crippen LogP) is -0.0677. The van der Waals surface area contributed by atoms with Crippen LogP contribution in [-0.2, 0) is 4.74 Å². The van der Waals surface area contributed by atoms with Crippen molar-refractivity contribution < 1.29 is 14.9 Å². The van der Waals surface area contributed by atoms with Crippen molar-refractivity contribution in [1.82, 2.24) is 0 Å². The molecule has 0 aromatic rings. The Labute approximate surface area is 60.9 Å². The molecule has 0 aliphatic carbocycles. The predicted molar refractivity (Wildman–Crippen MR) is 38.7 cm³/mol. The van der Waals surface area contributed by atoms with Crippen LogP contribution in [0.1, 0.15) is 6.92 Å².